The van der Waals surface area contributed by atoms with E-state index in [0.29, 0.717) is 24.1 Å². The highest BCUT2D eigenvalue weighted by Gasteiger charge is 2.32. The second-order valence-electron chi connectivity index (χ2n) is 6.88. The van der Waals surface area contributed by atoms with Crippen LogP contribution in [0.4, 0.5) is 10.1 Å². The molecule has 9 heteroatoms. The maximum Gasteiger partial charge on any atom is 0.243 e. The summed E-state index contributed by atoms with van der Waals surface area (Å²) in [5.74, 6) is -1.51. The SMILES string of the molecule is CC(=O)c1cccc(S(=O)(=O)N2CCC(C(=O)Nc3ccc(Cl)c(F)c3)CC2)c1. The minimum atomic E-state index is -3.75. The number of halogens is 2. The molecule has 154 valence electrons. The summed E-state index contributed by atoms with van der Waals surface area (Å²) in [6, 6.07) is 9.93. The molecule has 0 radical (unpaired) electrons. The number of carbonyl (C=O) groups excluding carboxylic acids is 2. The van der Waals surface area contributed by atoms with Crippen LogP contribution in [0.2, 0.25) is 5.02 Å². The fourth-order valence-corrected chi connectivity index (χ4v) is 4.83. The van der Waals surface area contributed by atoms with Gasteiger partial charge in [0, 0.05) is 30.3 Å². The molecule has 0 aromatic heterocycles. The van der Waals surface area contributed by atoms with Crippen molar-refractivity contribution >= 4 is 39.0 Å². The third kappa shape index (κ3) is 4.83. The molecule has 1 N–H and O–H groups in total. The van der Waals surface area contributed by atoms with Crippen LogP contribution >= 0.6 is 11.6 Å². The van der Waals surface area contributed by atoms with Gasteiger partial charge in [0.1, 0.15) is 5.82 Å². The van der Waals surface area contributed by atoms with Gasteiger partial charge in [0.25, 0.3) is 0 Å². The van der Waals surface area contributed by atoms with Crippen molar-refractivity contribution < 1.29 is 22.4 Å². The normalized spacial score (nSPS) is 15.8. The number of Topliss-reactive ketones (excluding diaryl/α,β-unsaturated/α-hetero) is 1. The number of anilines is 1. The molecule has 0 spiro atoms. The Morgan fingerprint density at radius 3 is 2.45 bits per heavy atom. The fourth-order valence-electron chi connectivity index (χ4n) is 3.20. The number of ketones is 1. The molecule has 1 aliphatic rings. The van der Waals surface area contributed by atoms with Gasteiger partial charge in [-0.2, -0.15) is 4.31 Å². The standard InChI is InChI=1S/C20H20ClFN2O4S/c1-13(25)15-3-2-4-17(11-15)29(27,28)24-9-7-14(8-10-24)20(26)23-16-5-6-18(21)19(22)12-16/h2-6,11-12,14H,7-10H2,1H3,(H,23,26). The number of nitrogens with zero attached hydrogens (tertiary/aromatic N) is 1. The molecule has 1 saturated heterocycles. The van der Waals surface area contributed by atoms with E-state index < -0.39 is 15.8 Å². The second kappa shape index (κ2) is 8.61. The number of carbonyl (C=O) groups is 2. The van der Waals surface area contributed by atoms with E-state index in [0.717, 1.165) is 6.07 Å². The van der Waals surface area contributed by atoms with Crippen molar-refractivity contribution in [2.45, 2.75) is 24.7 Å². The summed E-state index contributed by atoms with van der Waals surface area (Å²) in [7, 11) is -3.75. The average Bonchev–Trinajstić information content (AvgIpc) is 2.71. The Morgan fingerprint density at radius 2 is 1.83 bits per heavy atom. The van der Waals surface area contributed by atoms with E-state index in [1.807, 2.05) is 0 Å². The molecule has 3 rings (SSSR count). The van der Waals surface area contributed by atoms with Gasteiger partial charge >= 0.3 is 0 Å². The Kier molecular flexibility index (Phi) is 6.36. The van der Waals surface area contributed by atoms with Crippen molar-refractivity contribution in [1.29, 1.82) is 0 Å². The maximum atomic E-state index is 13.5. The number of rotatable bonds is 5. The molecule has 0 saturated carbocycles. The van der Waals surface area contributed by atoms with Gasteiger partial charge in [-0.3, -0.25) is 9.59 Å². The van der Waals surface area contributed by atoms with Crippen LogP contribution in [-0.2, 0) is 14.8 Å². The van der Waals surface area contributed by atoms with Gasteiger partial charge in [0.15, 0.2) is 5.78 Å². The minimum Gasteiger partial charge on any atom is -0.326 e. The maximum absolute atomic E-state index is 13.5. The Morgan fingerprint density at radius 1 is 1.14 bits per heavy atom. The first-order chi connectivity index (χ1) is 13.7. The molecule has 0 atom stereocenters. The number of nitrogens with one attached hydrogen (secondary N) is 1. The lowest BCUT2D eigenvalue weighted by atomic mass is 9.97. The summed E-state index contributed by atoms with van der Waals surface area (Å²) in [6.07, 6.45) is 0.682. The molecular weight excluding hydrogens is 419 g/mol. The molecule has 0 bridgehead atoms. The largest absolute Gasteiger partial charge is 0.326 e. The smallest absolute Gasteiger partial charge is 0.243 e. The van der Waals surface area contributed by atoms with Crippen LogP contribution in [-0.4, -0.2) is 37.5 Å². The highest BCUT2D eigenvalue weighted by atomic mass is 35.5. The van der Waals surface area contributed by atoms with Crippen LogP contribution in [0.25, 0.3) is 0 Å². The van der Waals surface area contributed by atoms with Crippen molar-refractivity contribution in [2.24, 2.45) is 5.92 Å². The van der Waals surface area contributed by atoms with E-state index >= 15 is 0 Å². The Hall–Kier alpha value is -2.29. The zero-order valence-electron chi connectivity index (χ0n) is 15.7. The second-order valence-corrected chi connectivity index (χ2v) is 9.23. The zero-order chi connectivity index (χ0) is 21.2. The topological polar surface area (TPSA) is 83.6 Å². The van der Waals surface area contributed by atoms with E-state index in [2.05, 4.69) is 5.32 Å². The van der Waals surface area contributed by atoms with Crippen molar-refractivity contribution in [3.05, 3.63) is 58.9 Å². The highest BCUT2D eigenvalue weighted by Crippen LogP contribution is 2.26. The lowest BCUT2D eigenvalue weighted by Crippen LogP contribution is -2.41. The summed E-state index contributed by atoms with van der Waals surface area (Å²) >= 11 is 5.63. The van der Waals surface area contributed by atoms with Crippen LogP contribution in [0.5, 0.6) is 0 Å². The summed E-state index contributed by atoms with van der Waals surface area (Å²) in [6.45, 7) is 1.74. The number of hydrogen-bond acceptors (Lipinski definition) is 4. The van der Waals surface area contributed by atoms with Gasteiger partial charge in [0.05, 0.1) is 9.92 Å². The summed E-state index contributed by atoms with van der Waals surface area (Å²) < 4.78 is 40.6. The van der Waals surface area contributed by atoms with Gasteiger partial charge < -0.3 is 5.32 Å². The number of benzene rings is 2. The first-order valence-corrected chi connectivity index (χ1v) is 10.9. The molecule has 29 heavy (non-hydrogen) atoms. The molecule has 1 heterocycles. The number of hydrogen-bond donors (Lipinski definition) is 1. The molecular formula is C20H20ClFN2O4S. The van der Waals surface area contributed by atoms with Crippen LogP contribution in [0.1, 0.15) is 30.1 Å². The molecule has 0 aliphatic carbocycles. The fraction of sp³-hybridized carbons (Fsp3) is 0.300. The van der Waals surface area contributed by atoms with E-state index in [9.17, 15) is 22.4 Å². The number of amides is 1. The van der Waals surface area contributed by atoms with Crippen LogP contribution < -0.4 is 5.32 Å². The molecule has 6 nitrogen and oxygen atoms in total. The number of sulfonamides is 1. The molecule has 0 unspecified atom stereocenters. The molecule has 2 aromatic rings. The van der Waals surface area contributed by atoms with E-state index in [1.165, 1.54) is 41.6 Å². The Labute approximate surface area is 173 Å². The van der Waals surface area contributed by atoms with E-state index in [4.69, 9.17) is 11.6 Å². The van der Waals surface area contributed by atoms with Crippen molar-refractivity contribution in [3.63, 3.8) is 0 Å². The minimum absolute atomic E-state index is 0.0321. The van der Waals surface area contributed by atoms with E-state index in [1.54, 1.807) is 6.07 Å². The Balaban J connectivity index is 1.65. The van der Waals surface area contributed by atoms with Gasteiger partial charge in [-0.1, -0.05) is 23.7 Å². The first kappa shape index (κ1) is 21.4. The molecule has 1 amide bonds. The summed E-state index contributed by atoms with van der Waals surface area (Å²) in [5, 5.41) is 2.61. The van der Waals surface area contributed by atoms with Gasteiger partial charge in [-0.05, 0) is 50.1 Å². The predicted octanol–water partition coefficient (Wildman–Crippen LogP) is 3.72. The third-order valence-electron chi connectivity index (χ3n) is 4.89. The third-order valence-corrected chi connectivity index (χ3v) is 7.09. The molecule has 1 fully saturated rings. The van der Waals surface area contributed by atoms with Crippen LogP contribution in [0.15, 0.2) is 47.4 Å². The highest BCUT2D eigenvalue weighted by molar-refractivity contribution is 7.89. The summed E-state index contributed by atoms with van der Waals surface area (Å²) in [5.41, 5.74) is 0.628. The quantitative estimate of drug-likeness (QED) is 0.721. The monoisotopic (exact) mass is 438 g/mol. The predicted molar refractivity (Wildman–Crippen MR) is 108 cm³/mol. The zero-order valence-corrected chi connectivity index (χ0v) is 17.3. The number of piperidine rings is 1. The van der Waals surface area contributed by atoms with Crippen LogP contribution in [0, 0.1) is 11.7 Å². The molecule has 2 aromatic carbocycles. The average molecular weight is 439 g/mol. The lowest BCUT2D eigenvalue weighted by Gasteiger charge is -2.30. The van der Waals surface area contributed by atoms with Gasteiger partial charge in [-0.25, -0.2) is 12.8 Å². The lowest BCUT2D eigenvalue weighted by molar-refractivity contribution is -0.120. The van der Waals surface area contributed by atoms with Crippen molar-refractivity contribution in [2.75, 3.05) is 18.4 Å². The van der Waals surface area contributed by atoms with Crippen molar-refractivity contribution in [3.8, 4) is 0 Å². The van der Waals surface area contributed by atoms with Gasteiger partial charge in [0.2, 0.25) is 15.9 Å². The summed E-state index contributed by atoms with van der Waals surface area (Å²) in [4.78, 5) is 24.0. The van der Waals surface area contributed by atoms with Crippen molar-refractivity contribution in [1.82, 2.24) is 4.31 Å². The van der Waals surface area contributed by atoms with Gasteiger partial charge in [-0.15, -0.1) is 0 Å². The van der Waals surface area contributed by atoms with E-state index in [-0.39, 0.29) is 40.6 Å². The Bertz CT molecular complexity index is 1050. The first-order valence-electron chi connectivity index (χ1n) is 9.05. The molecule has 1 aliphatic heterocycles. The van der Waals surface area contributed by atoms with Crippen LogP contribution in [0.3, 0.4) is 0 Å².